The van der Waals surface area contributed by atoms with E-state index in [1.807, 2.05) is 6.92 Å². The van der Waals surface area contributed by atoms with Gasteiger partial charge in [-0.1, -0.05) is 0 Å². The van der Waals surface area contributed by atoms with Gasteiger partial charge in [-0.15, -0.1) is 0 Å². The van der Waals surface area contributed by atoms with Gasteiger partial charge in [0.05, 0.1) is 19.3 Å². The predicted molar refractivity (Wildman–Crippen MR) is 65.6 cm³/mol. The Labute approximate surface area is 99.0 Å². The molecule has 0 radical (unpaired) electrons. The first-order valence-electron chi connectivity index (χ1n) is 6.40. The molecule has 0 aromatic carbocycles. The number of nitrogens with one attached hydrogen (secondary N) is 1. The minimum Gasteiger partial charge on any atom is -0.393 e. The van der Waals surface area contributed by atoms with Crippen molar-refractivity contribution >= 4 is 0 Å². The molecule has 0 aromatic rings. The van der Waals surface area contributed by atoms with E-state index in [4.69, 9.17) is 9.84 Å². The van der Waals surface area contributed by atoms with Crippen LogP contribution in [-0.4, -0.2) is 61.5 Å². The van der Waals surface area contributed by atoms with Crippen LogP contribution in [0.15, 0.2) is 0 Å². The van der Waals surface area contributed by atoms with Crippen molar-refractivity contribution in [1.29, 1.82) is 0 Å². The smallest absolute Gasteiger partial charge is 0.0594 e. The van der Waals surface area contributed by atoms with Gasteiger partial charge in [0, 0.05) is 25.7 Å². The van der Waals surface area contributed by atoms with E-state index in [9.17, 15) is 0 Å². The van der Waals surface area contributed by atoms with Gasteiger partial charge in [-0.25, -0.2) is 0 Å². The van der Waals surface area contributed by atoms with Gasteiger partial charge in [-0.2, -0.15) is 0 Å². The van der Waals surface area contributed by atoms with Crippen molar-refractivity contribution in [1.82, 2.24) is 10.2 Å². The van der Waals surface area contributed by atoms with Crippen molar-refractivity contribution in [3.63, 3.8) is 0 Å². The highest BCUT2D eigenvalue weighted by molar-refractivity contribution is 4.70. The molecule has 0 spiro atoms. The van der Waals surface area contributed by atoms with E-state index in [-0.39, 0.29) is 6.10 Å². The number of nitrogens with zero attached hydrogens (tertiary/aromatic N) is 1. The van der Waals surface area contributed by atoms with Crippen LogP contribution in [0.5, 0.6) is 0 Å². The number of hydrogen-bond acceptors (Lipinski definition) is 4. The van der Waals surface area contributed by atoms with E-state index in [2.05, 4.69) is 17.1 Å². The number of hydrogen-bond donors (Lipinski definition) is 2. The monoisotopic (exact) mass is 230 g/mol. The molecule has 0 saturated carbocycles. The molecular weight excluding hydrogens is 204 g/mol. The fraction of sp³-hybridized carbons (Fsp3) is 1.00. The number of morpholine rings is 1. The zero-order valence-corrected chi connectivity index (χ0v) is 10.6. The van der Waals surface area contributed by atoms with Crippen molar-refractivity contribution in [2.45, 2.75) is 38.8 Å². The van der Waals surface area contributed by atoms with Crippen LogP contribution >= 0.6 is 0 Å². The minimum absolute atomic E-state index is 0.170. The highest BCUT2D eigenvalue weighted by atomic mass is 16.5. The number of rotatable bonds is 7. The summed E-state index contributed by atoms with van der Waals surface area (Å²) in [4.78, 5) is 2.44. The van der Waals surface area contributed by atoms with Gasteiger partial charge in [0.1, 0.15) is 0 Å². The van der Waals surface area contributed by atoms with Gasteiger partial charge in [0.2, 0.25) is 0 Å². The van der Waals surface area contributed by atoms with Gasteiger partial charge >= 0.3 is 0 Å². The molecular formula is C12H26N2O2. The Bertz CT molecular complexity index is 170. The highest BCUT2D eigenvalue weighted by Gasteiger charge is 2.12. The molecule has 2 N–H and O–H groups in total. The lowest BCUT2D eigenvalue weighted by atomic mass is 10.2. The number of ether oxygens (including phenoxy) is 1. The maximum Gasteiger partial charge on any atom is 0.0594 e. The molecule has 2 unspecified atom stereocenters. The summed E-state index contributed by atoms with van der Waals surface area (Å²) in [7, 11) is 0. The van der Waals surface area contributed by atoms with Crippen LogP contribution in [-0.2, 0) is 4.74 Å². The van der Waals surface area contributed by atoms with Crippen LogP contribution < -0.4 is 5.32 Å². The molecule has 1 rings (SSSR count). The fourth-order valence-electron chi connectivity index (χ4n) is 1.98. The van der Waals surface area contributed by atoms with Crippen molar-refractivity contribution in [2.75, 3.05) is 39.4 Å². The largest absolute Gasteiger partial charge is 0.393 e. The van der Waals surface area contributed by atoms with Crippen molar-refractivity contribution < 1.29 is 9.84 Å². The molecule has 0 bridgehead atoms. The summed E-state index contributed by atoms with van der Waals surface area (Å²) in [5.41, 5.74) is 0. The average Bonchev–Trinajstić information content (AvgIpc) is 2.25. The number of aliphatic hydroxyl groups is 1. The Morgan fingerprint density at radius 2 is 2.00 bits per heavy atom. The molecule has 2 atom stereocenters. The maximum atomic E-state index is 9.13. The van der Waals surface area contributed by atoms with E-state index in [0.717, 1.165) is 52.2 Å². The van der Waals surface area contributed by atoms with Crippen LogP contribution in [0.2, 0.25) is 0 Å². The molecule has 1 heterocycles. The second-order valence-corrected chi connectivity index (χ2v) is 4.76. The average molecular weight is 230 g/mol. The molecule has 0 aromatic heterocycles. The van der Waals surface area contributed by atoms with Crippen molar-refractivity contribution in [3.05, 3.63) is 0 Å². The van der Waals surface area contributed by atoms with Crippen LogP contribution in [0.1, 0.15) is 26.7 Å². The van der Waals surface area contributed by atoms with E-state index < -0.39 is 0 Å². The fourth-order valence-corrected chi connectivity index (χ4v) is 1.98. The third-order valence-corrected chi connectivity index (χ3v) is 2.93. The van der Waals surface area contributed by atoms with Crippen molar-refractivity contribution in [3.8, 4) is 0 Å². The van der Waals surface area contributed by atoms with E-state index in [1.165, 1.54) is 0 Å². The standard InChI is InChI=1S/C12H26N2O2/c1-11(13-5-3-4-12(2)15)10-14-6-8-16-9-7-14/h11-13,15H,3-10H2,1-2H3. The van der Waals surface area contributed by atoms with Gasteiger partial charge in [-0.05, 0) is 33.2 Å². The predicted octanol–water partition coefficient (Wildman–Crippen LogP) is 0.458. The molecule has 1 saturated heterocycles. The van der Waals surface area contributed by atoms with Gasteiger partial charge in [0.15, 0.2) is 0 Å². The Kier molecular flexibility index (Phi) is 6.96. The molecule has 0 aliphatic carbocycles. The molecule has 16 heavy (non-hydrogen) atoms. The second kappa shape index (κ2) is 8.01. The Morgan fingerprint density at radius 3 is 2.62 bits per heavy atom. The maximum absolute atomic E-state index is 9.13. The van der Waals surface area contributed by atoms with Gasteiger partial charge < -0.3 is 15.2 Å². The van der Waals surface area contributed by atoms with Crippen LogP contribution in [0, 0.1) is 0 Å². The molecule has 1 aliphatic heterocycles. The van der Waals surface area contributed by atoms with Gasteiger partial charge in [0.25, 0.3) is 0 Å². The van der Waals surface area contributed by atoms with Gasteiger partial charge in [-0.3, -0.25) is 4.90 Å². The minimum atomic E-state index is -0.170. The lowest BCUT2D eigenvalue weighted by molar-refractivity contribution is 0.0343. The Morgan fingerprint density at radius 1 is 1.31 bits per heavy atom. The summed E-state index contributed by atoms with van der Waals surface area (Å²) in [6, 6.07) is 0.520. The SMILES string of the molecule is CC(O)CCCNC(C)CN1CCOCC1. The van der Waals surface area contributed by atoms with Crippen LogP contribution in [0.4, 0.5) is 0 Å². The summed E-state index contributed by atoms with van der Waals surface area (Å²) in [5, 5.41) is 12.6. The lowest BCUT2D eigenvalue weighted by Gasteiger charge is -2.29. The molecule has 1 fully saturated rings. The normalized spacial score (nSPS) is 21.9. The number of aliphatic hydroxyl groups excluding tert-OH is 1. The quantitative estimate of drug-likeness (QED) is 0.624. The molecule has 96 valence electrons. The molecule has 4 heteroatoms. The van der Waals surface area contributed by atoms with E-state index >= 15 is 0 Å². The summed E-state index contributed by atoms with van der Waals surface area (Å²) >= 11 is 0. The van der Waals surface area contributed by atoms with Crippen LogP contribution in [0.3, 0.4) is 0 Å². The van der Waals surface area contributed by atoms with Crippen LogP contribution in [0.25, 0.3) is 0 Å². The molecule has 4 nitrogen and oxygen atoms in total. The topological polar surface area (TPSA) is 44.7 Å². The third-order valence-electron chi connectivity index (χ3n) is 2.93. The summed E-state index contributed by atoms with van der Waals surface area (Å²) in [5.74, 6) is 0. The summed E-state index contributed by atoms with van der Waals surface area (Å²) in [6.07, 6.45) is 1.76. The molecule has 1 aliphatic rings. The lowest BCUT2D eigenvalue weighted by Crippen LogP contribution is -2.44. The Balaban J connectivity index is 1.99. The summed E-state index contributed by atoms with van der Waals surface area (Å²) in [6.45, 7) is 10.0. The first kappa shape index (κ1) is 13.9. The zero-order valence-electron chi connectivity index (χ0n) is 10.6. The first-order chi connectivity index (χ1) is 7.68. The summed E-state index contributed by atoms with van der Waals surface area (Å²) < 4.78 is 5.32. The third kappa shape index (κ3) is 6.43. The molecule has 0 amide bonds. The zero-order chi connectivity index (χ0) is 11.8. The Hall–Kier alpha value is -0.160. The second-order valence-electron chi connectivity index (χ2n) is 4.76. The van der Waals surface area contributed by atoms with Crippen molar-refractivity contribution in [2.24, 2.45) is 0 Å². The van der Waals surface area contributed by atoms with E-state index in [0.29, 0.717) is 6.04 Å². The first-order valence-corrected chi connectivity index (χ1v) is 6.40. The highest BCUT2D eigenvalue weighted by Crippen LogP contribution is 1.99. The van der Waals surface area contributed by atoms with E-state index in [1.54, 1.807) is 0 Å².